The average molecular weight is 301 g/mol. The van der Waals surface area contributed by atoms with Crippen LogP contribution in [0.15, 0.2) is 0 Å². The molecular weight excluding hydrogens is 283 g/mol. The molecule has 2 aliphatic heterocycles. The third-order valence-electron chi connectivity index (χ3n) is 4.14. The van der Waals surface area contributed by atoms with E-state index in [2.05, 4.69) is 15.3 Å². The molecule has 2 aliphatic rings. The maximum Gasteiger partial charge on any atom is 0.433 e. The lowest BCUT2D eigenvalue weighted by atomic mass is 9.94. The van der Waals surface area contributed by atoms with Gasteiger partial charge in [0, 0.05) is 31.7 Å². The molecule has 0 spiro atoms. The molecule has 0 bridgehead atoms. The summed E-state index contributed by atoms with van der Waals surface area (Å²) in [5.41, 5.74) is -0.943. The second-order valence-electron chi connectivity index (χ2n) is 5.78. The summed E-state index contributed by atoms with van der Waals surface area (Å²) in [5.74, 6) is 0.176. The Balaban J connectivity index is 2.10. The highest BCUT2D eigenvalue weighted by Crippen LogP contribution is 2.37. The highest BCUT2D eigenvalue weighted by Gasteiger charge is 2.41. The lowest BCUT2D eigenvalue weighted by Crippen LogP contribution is -2.36. The fraction of sp³-hybridized carbons (Fsp3) is 0.714. The summed E-state index contributed by atoms with van der Waals surface area (Å²) in [6, 6.07) is 0. The van der Waals surface area contributed by atoms with Gasteiger partial charge in [-0.2, -0.15) is 13.2 Å². The van der Waals surface area contributed by atoms with Crippen LogP contribution in [0.1, 0.15) is 49.0 Å². The number of nitrogens with one attached hydrogen (secondary N) is 1. The van der Waals surface area contributed by atoms with E-state index in [1.54, 1.807) is 6.92 Å². The number of ether oxygens (including phenoxy) is 1. The fourth-order valence-electron chi connectivity index (χ4n) is 2.92. The molecule has 4 nitrogen and oxygen atoms in total. The van der Waals surface area contributed by atoms with E-state index in [4.69, 9.17) is 4.74 Å². The zero-order chi connectivity index (χ0) is 15.1. The first-order chi connectivity index (χ1) is 9.90. The molecule has 3 rings (SSSR count). The largest absolute Gasteiger partial charge is 0.433 e. The van der Waals surface area contributed by atoms with Crippen molar-refractivity contribution in [3.05, 3.63) is 22.8 Å². The monoisotopic (exact) mass is 301 g/mol. The number of rotatable bonds is 1. The molecule has 0 radical (unpaired) electrons. The van der Waals surface area contributed by atoms with Crippen LogP contribution in [0.4, 0.5) is 13.2 Å². The molecule has 0 aliphatic carbocycles. The molecular formula is C14H18F3N3O. The molecule has 1 saturated heterocycles. The molecule has 21 heavy (non-hydrogen) atoms. The van der Waals surface area contributed by atoms with Gasteiger partial charge in [0.25, 0.3) is 0 Å². The lowest BCUT2D eigenvalue weighted by Gasteiger charge is -2.33. The number of aromatic nitrogens is 2. The minimum absolute atomic E-state index is 0.169. The molecule has 7 heteroatoms. The second kappa shape index (κ2) is 5.21. The number of hydrogen-bond acceptors (Lipinski definition) is 4. The molecule has 1 N–H and O–H groups in total. The standard InChI is InChI=1S/C14H18F3N3O/c1-13(5-2-3-7-21-13)12-19-10-4-6-18-8-9(10)11(20-12)14(15,16)17/h18H,2-8H2,1H3. The minimum atomic E-state index is -4.47. The first-order valence-corrected chi connectivity index (χ1v) is 7.22. The average Bonchev–Trinajstić information content (AvgIpc) is 2.46. The van der Waals surface area contributed by atoms with Crippen LogP contribution in [0.25, 0.3) is 0 Å². The molecule has 1 unspecified atom stereocenters. The predicted octanol–water partition coefficient (Wildman–Crippen LogP) is 2.56. The Morgan fingerprint density at radius 3 is 2.71 bits per heavy atom. The maximum absolute atomic E-state index is 13.3. The third kappa shape index (κ3) is 2.76. The van der Waals surface area contributed by atoms with Crippen LogP contribution in [-0.4, -0.2) is 23.1 Å². The third-order valence-corrected chi connectivity index (χ3v) is 4.14. The van der Waals surface area contributed by atoms with Crippen LogP contribution in [0.2, 0.25) is 0 Å². The first-order valence-electron chi connectivity index (χ1n) is 7.22. The topological polar surface area (TPSA) is 47.0 Å². The van der Waals surface area contributed by atoms with E-state index in [9.17, 15) is 13.2 Å². The molecule has 0 aromatic carbocycles. The van der Waals surface area contributed by atoms with Gasteiger partial charge in [-0.3, -0.25) is 0 Å². The van der Waals surface area contributed by atoms with Crippen LogP contribution >= 0.6 is 0 Å². The van der Waals surface area contributed by atoms with E-state index in [1.165, 1.54) is 0 Å². The van der Waals surface area contributed by atoms with E-state index in [0.717, 1.165) is 12.8 Å². The summed E-state index contributed by atoms with van der Waals surface area (Å²) in [5, 5.41) is 2.95. The SMILES string of the molecule is CC1(c2nc3c(c(C(F)(F)F)n2)CNCC3)CCCCO1. The Morgan fingerprint density at radius 1 is 1.24 bits per heavy atom. The predicted molar refractivity (Wildman–Crippen MR) is 69.6 cm³/mol. The highest BCUT2D eigenvalue weighted by atomic mass is 19.4. The van der Waals surface area contributed by atoms with E-state index in [0.29, 0.717) is 31.7 Å². The smallest absolute Gasteiger partial charge is 0.367 e. The summed E-state index contributed by atoms with van der Waals surface area (Å²) < 4.78 is 45.6. The van der Waals surface area contributed by atoms with Crippen molar-refractivity contribution in [2.24, 2.45) is 0 Å². The van der Waals surface area contributed by atoms with Crippen molar-refractivity contribution < 1.29 is 17.9 Å². The molecule has 1 aromatic heterocycles. The van der Waals surface area contributed by atoms with Crippen molar-refractivity contribution in [3.8, 4) is 0 Å². The Morgan fingerprint density at radius 2 is 2.05 bits per heavy atom. The van der Waals surface area contributed by atoms with Crippen molar-refractivity contribution in [1.82, 2.24) is 15.3 Å². The molecule has 1 atom stereocenters. The summed E-state index contributed by atoms with van der Waals surface area (Å²) >= 11 is 0. The minimum Gasteiger partial charge on any atom is -0.367 e. The highest BCUT2D eigenvalue weighted by molar-refractivity contribution is 5.31. The van der Waals surface area contributed by atoms with E-state index < -0.39 is 17.5 Å². The van der Waals surface area contributed by atoms with Crippen molar-refractivity contribution in [2.45, 2.75) is 50.9 Å². The van der Waals surface area contributed by atoms with Crippen molar-refractivity contribution in [1.29, 1.82) is 0 Å². The Kier molecular flexibility index (Phi) is 3.65. The van der Waals surface area contributed by atoms with Crippen LogP contribution in [-0.2, 0) is 29.5 Å². The zero-order valence-corrected chi connectivity index (χ0v) is 11.9. The first kappa shape index (κ1) is 14.7. The maximum atomic E-state index is 13.3. The van der Waals surface area contributed by atoms with Gasteiger partial charge in [0.2, 0.25) is 0 Å². The van der Waals surface area contributed by atoms with Gasteiger partial charge in [0.1, 0.15) is 5.60 Å². The second-order valence-corrected chi connectivity index (χ2v) is 5.78. The van der Waals surface area contributed by atoms with Gasteiger partial charge < -0.3 is 10.1 Å². The van der Waals surface area contributed by atoms with Gasteiger partial charge in [0.05, 0.1) is 5.69 Å². The fourth-order valence-corrected chi connectivity index (χ4v) is 2.92. The Bertz CT molecular complexity index is 539. The van der Waals surface area contributed by atoms with Crippen LogP contribution in [0, 0.1) is 0 Å². The van der Waals surface area contributed by atoms with Crippen LogP contribution in [0.5, 0.6) is 0 Å². The normalized spacial score (nSPS) is 26.5. The number of hydrogen-bond donors (Lipinski definition) is 1. The Labute approximate surface area is 121 Å². The van der Waals surface area contributed by atoms with Crippen molar-refractivity contribution in [2.75, 3.05) is 13.2 Å². The van der Waals surface area contributed by atoms with Gasteiger partial charge >= 0.3 is 6.18 Å². The van der Waals surface area contributed by atoms with Crippen molar-refractivity contribution in [3.63, 3.8) is 0 Å². The zero-order valence-electron chi connectivity index (χ0n) is 11.9. The number of nitrogens with zero attached hydrogens (tertiary/aromatic N) is 2. The molecule has 0 amide bonds. The summed E-state index contributed by atoms with van der Waals surface area (Å²) in [7, 11) is 0. The van der Waals surface area contributed by atoms with Gasteiger partial charge in [-0.05, 0) is 26.2 Å². The number of fused-ring (bicyclic) bond motifs is 1. The van der Waals surface area contributed by atoms with E-state index in [-0.39, 0.29) is 17.9 Å². The van der Waals surface area contributed by atoms with Gasteiger partial charge in [-0.25, -0.2) is 9.97 Å². The van der Waals surface area contributed by atoms with Gasteiger partial charge in [-0.15, -0.1) is 0 Å². The van der Waals surface area contributed by atoms with Crippen LogP contribution < -0.4 is 5.32 Å². The van der Waals surface area contributed by atoms with Crippen LogP contribution in [0.3, 0.4) is 0 Å². The molecule has 0 saturated carbocycles. The van der Waals surface area contributed by atoms with Crippen molar-refractivity contribution >= 4 is 0 Å². The summed E-state index contributed by atoms with van der Waals surface area (Å²) in [6.45, 7) is 3.13. The number of halogens is 3. The molecule has 116 valence electrons. The molecule has 1 fully saturated rings. The lowest BCUT2D eigenvalue weighted by molar-refractivity contribution is -0.143. The summed E-state index contributed by atoms with van der Waals surface area (Å²) in [6.07, 6.45) is -1.48. The Hall–Kier alpha value is -1.21. The summed E-state index contributed by atoms with van der Waals surface area (Å²) in [4.78, 5) is 8.26. The quantitative estimate of drug-likeness (QED) is 0.866. The van der Waals surface area contributed by atoms with E-state index in [1.807, 2.05) is 0 Å². The van der Waals surface area contributed by atoms with Gasteiger partial charge in [-0.1, -0.05) is 0 Å². The van der Waals surface area contributed by atoms with E-state index >= 15 is 0 Å². The van der Waals surface area contributed by atoms with Gasteiger partial charge in [0.15, 0.2) is 11.5 Å². The number of alkyl halides is 3. The molecule has 3 heterocycles. The molecule has 1 aromatic rings.